The number of aromatic nitrogens is 2. The van der Waals surface area contributed by atoms with Crippen molar-refractivity contribution >= 4 is 33.3 Å². The summed E-state index contributed by atoms with van der Waals surface area (Å²) in [5, 5.41) is 0.990. The number of primary amides is 1. The van der Waals surface area contributed by atoms with Crippen LogP contribution in [0.2, 0.25) is 0 Å². The van der Waals surface area contributed by atoms with Gasteiger partial charge in [0.1, 0.15) is 23.0 Å². The zero-order chi connectivity index (χ0) is 15.8. The van der Waals surface area contributed by atoms with Gasteiger partial charge in [0, 0.05) is 11.4 Å². The minimum atomic E-state index is -0.284. The van der Waals surface area contributed by atoms with Crippen LogP contribution in [0.5, 0.6) is 0 Å². The van der Waals surface area contributed by atoms with Crippen LogP contribution in [0.4, 0.5) is 5.82 Å². The quantitative estimate of drug-likeness (QED) is 0.804. The van der Waals surface area contributed by atoms with E-state index in [9.17, 15) is 4.79 Å². The number of rotatable bonds is 3. The van der Waals surface area contributed by atoms with E-state index in [4.69, 9.17) is 5.73 Å². The number of thiophene rings is 1. The van der Waals surface area contributed by atoms with E-state index >= 15 is 0 Å². The molecule has 2 aromatic heterocycles. The number of nitrogens with two attached hydrogens (primary N) is 1. The molecule has 116 valence electrons. The number of carbonyl (C=O) groups excluding carboxylic acids is 1. The van der Waals surface area contributed by atoms with Crippen molar-refractivity contribution in [3.8, 4) is 10.4 Å². The fourth-order valence-electron chi connectivity index (χ4n) is 3.13. The summed E-state index contributed by atoms with van der Waals surface area (Å²) in [6.45, 7) is 0.802. The summed E-state index contributed by atoms with van der Waals surface area (Å²) in [5.41, 5.74) is 6.71. The number of carbonyl (C=O) groups is 1. The maximum atomic E-state index is 11.7. The highest BCUT2D eigenvalue weighted by Gasteiger charge is 2.31. The Labute approximate surface area is 137 Å². The van der Waals surface area contributed by atoms with Crippen LogP contribution in [0.3, 0.4) is 0 Å². The monoisotopic (exact) mass is 324 g/mol. The fourth-order valence-corrected chi connectivity index (χ4v) is 4.13. The number of hydrogen-bond donors (Lipinski definition) is 1. The topological polar surface area (TPSA) is 72.1 Å². The van der Waals surface area contributed by atoms with Crippen molar-refractivity contribution in [2.24, 2.45) is 5.73 Å². The lowest BCUT2D eigenvalue weighted by Gasteiger charge is -2.23. The van der Waals surface area contributed by atoms with Gasteiger partial charge < -0.3 is 10.6 Å². The number of benzene rings is 1. The van der Waals surface area contributed by atoms with Gasteiger partial charge in [0.05, 0.1) is 5.39 Å². The van der Waals surface area contributed by atoms with Gasteiger partial charge in [0.15, 0.2) is 0 Å². The van der Waals surface area contributed by atoms with Crippen molar-refractivity contribution in [3.05, 3.63) is 42.7 Å². The highest BCUT2D eigenvalue weighted by Crippen LogP contribution is 2.37. The smallest absolute Gasteiger partial charge is 0.240 e. The van der Waals surface area contributed by atoms with Crippen LogP contribution in [-0.4, -0.2) is 28.5 Å². The Morgan fingerprint density at radius 2 is 2.09 bits per heavy atom. The van der Waals surface area contributed by atoms with E-state index < -0.39 is 0 Å². The van der Waals surface area contributed by atoms with Crippen LogP contribution in [0.25, 0.3) is 20.7 Å². The average molecular weight is 324 g/mol. The van der Waals surface area contributed by atoms with Crippen molar-refractivity contribution < 1.29 is 4.79 Å². The molecule has 1 aliphatic rings. The molecule has 1 atom stereocenters. The molecule has 1 saturated heterocycles. The van der Waals surface area contributed by atoms with Crippen LogP contribution in [0.1, 0.15) is 12.8 Å². The number of fused-ring (bicyclic) bond motifs is 1. The second-order valence-corrected chi connectivity index (χ2v) is 6.68. The standard InChI is InChI=1S/C17H16N4OS/c18-15(22)13-7-4-8-21(13)16-12-9-14(11-5-2-1-3-6-11)23-17(12)20-10-19-16/h1-3,5-6,9-10,13H,4,7-8H2,(H2,18,22)/t13-/m1/s1. The molecule has 0 saturated carbocycles. The largest absolute Gasteiger partial charge is 0.368 e. The van der Waals surface area contributed by atoms with Gasteiger partial charge in [-0.2, -0.15) is 0 Å². The molecule has 0 aliphatic carbocycles. The molecule has 2 N–H and O–H groups in total. The van der Waals surface area contributed by atoms with Crippen molar-refractivity contribution in [2.45, 2.75) is 18.9 Å². The molecular weight excluding hydrogens is 308 g/mol. The maximum Gasteiger partial charge on any atom is 0.240 e. The van der Waals surface area contributed by atoms with Crippen LogP contribution in [0.15, 0.2) is 42.7 Å². The van der Waals surface area contributed by atoms with Gasteiger partial charge in [-0.1, -0.05) is 30.3 Å². The summed E-state index contributed by atoms with van der Waals surface area (Å²) < 4.78 is 0. The van der Waals surface area contributed by atoms with E-state index in [1.165, 1.54) is 0 Å². The first-order chi connectivity index (χ1) is 11.2. The third-order valence-corrected chi connectivity index (χ3v) is 5.31. The van der Waals surface area contributed by atoms with E-state index in [0.29, 0.717) is 0 Å². The molecule has 1 aromatic carbocycles. The Hall–Kier alpha value is -2.47. The highest BCUT2D eigenvalue weighted by atomic mass is 32.1. The molecule has 0 bridgehead atoms. The highest BCUT2D eigenvalue weighted by molar-refractivity contribution is 7.21. The zero-order valence-electron chi connectivity index (χ0n) is 12.5. The summed E-state index contributed by atoms with van der Waals surface area (Å²) >= 11 is 1.64. The lowest BCUT2D eigenvalue weighted by atomic mass is 10.1. The molecule has 4 rings (SSSR count). The number of hydrogen-bond acceptors (Lipinski definition) is 5. The van der Waals surface area contributed by atoms with Crippen LogP contribution < -0.4 is 10.6 Å². The normalized spacial score (nSPS) is 17.7. The zero-order valence-corrected chi connectivity index (χ0v) is 13.3. The summed E-state index contributed by atoms with van der Waals surface area (Å²) in [5.74, 6) is 0.530. The summed E-state index contributed by atoms with van der Waals surface area (Å²) in [4.78, 5) is 24.6. The first kappa shape index (κ1) is 14.1. The minimum absolute atomic E-state index is 0.270. The predicted molar refractivity (Wildman–Crippen MR) is 92.4 cm³/mol. The predicted octanol–water partition coefficient (Wildman–Crippen LogP) is 2.81. The average Bonchev–Trinajstić information content (AvgIpc) is 3.22. The van der Waals surface area contributed by atoms with Gasteiger partial charge in [-0.3, -0.25) is 4.79 Å². The summed E-state index contributed by atoms with van der Waals surface area (Å²) in [6.07, 6.45) is 3.31. The number of anilines is 1. The van der Waals surface area contributed by atoms with Crippen LogP contribution >= 0.6 is 11.3 Å². The van der Waals surface area contributed by atoms with Gasteiger partial charge in [-0.05, 0) is 24.5 Å². The first-order valence-corrected chi connectivity index (χ1v) is 8.41. The molecular formula is C17H16N4OS. The van der Waals surface area contributed by atoms with Crippen LogP contribution in [0, 0.1) is 0 Å². The second-order valence-electron chi connectivity index (χ2n) is 5.65. The Morgan fingerprint density at radius 3 is 2.87 bits per heavy atom. The molecule has 5 nitrogen and oxygen atoms in total. The number of nitrogens with zero attached hydrogens (tertiary/aromatic N) is 3. The number of amides is 1. The lowest BCUT2D eigenvalue weighted by Crippen LogP contribution is -2.40. The van der Waals surface area contributed by atoms with E-state index in [1.54, 1.807) is 17.7 Å². The molecule has 1 fully saturated rings. The third-order valence-electron chi connectivity index (χ3n) is 4.22. The van der Waals surface area contributed by atoms with E-state index in [0.717, 1.165) is 45.9 Å². The SMILES string of the molecule is NC(=O)[C@H]1CCCN1c1ncnc2sc(-c3ccccc3)cc12. The van der Waals surface area contributed by atoms with Gasteiger partial charge in [0.2, 0.25) is 5.91 Å². The molecule has 3 aromatic rings. The van der Waals surface area contributed by atoms with Gasteiger partial charge in [0.25, 0.3) is 0 Å². The molecule has 3 heterocycles. The van der Waals surface area contributed by atoms with E-state index in [-0.39, 0.29) is 11.9 Å². The van der Waals surface area contributed by atoms with E-state index in [1.807, 2.05) is 23.1 Å². The molecule has 6 heteroatoms. The molecule has 0 radical (unpaired) electrons. The van der Waals surface area contributed by atoms with Gasteiger partial charge >= 0.3 is 0 Å². The minimum Gasteiger partial charge on any atom is -0.368 e. The summed E-state index contributed by atoms with van der Waals surface area (Å²) in [7, 11) is 0. The summed E-state index contributed by atoms with van der Waals surface area (Å²) in [6, 6.07) is 12.1. The van der Waals surface area contributed by atoms with E-state index in [2.05, 4.69) is 28.2 Å². The maximum absolute atomic E-state index is 11.7. The Morgan fingerprint density at radius 1 is 1.26 bits per heavy atom. The van der Waals surface area contributed by atoms with Gasteiger partial charge in [-0.15, -0.1) is 11.3 Å². The molecule has 23 heavy (non-hydrogen) atoms. The molecule has 0 unspecified atom stereocenters. The first-order valence-electron chi connectivity index (χ1n) is 7.60. The Balaban J connectivity index is 1.82. The lowest BCUT2D eigenvalue weighted by molar-refractivity contribution is -0.119. The Bertz CT molecular complexity index is 861. The van der Waals surface area contributed by atoms with Crippen molar-refractivity contribution in [1.29, 1.82) is 0 Å². The van der Waals surface area contributed by atoms with Crippen molar-refractivity contribution in [1.82, 2.24) is 9.97 Å². The molecule has 1 aliphatic heterocycles. The Kier molecular flexibility index (Phi) is 3.46. The van der Waals surface area contributed by atoms with Crippen molar-refractivity contribution in [2.75, 3.05) is 11.4 Å². The molecule has 0 spiro atoms. The van der Waals surface area contributed by atoms with Crippen LogP contribution in [-0.2, 0) is 4.79 Å². The molecule has 1 amide bonds. The fraction of sp³-hybridized carbons (Fsp3) is 0.235. The van der Waals surface area contributed by atoms with Gasteiger partial charge in [-0.25, -0.2) is 9.97 Å². The third kappa shape index (κ3) is 2.45. The second kappa shape index (κ2) is 5.62. The van der Waals surface area contributed by atoms with Crippen molar-refractivity contribution in [3.63, 3.8) is 0 Å².